The number of nitrogens with two attached hydrogens (primary N) is 1. The lowest BCUT2D eigenvalue weighted by Crippen LogP contribution is -2.39. The Morgan fingerprint density at radius 3 is 2.42 bits per heavy atom. The van der Waals surface area contributed by atoms with Crippen molar-refractivity contribution in [1.82, 2.24) is 4.90 Å². The van der Waals surface area contributed by atoms with Gasteiger partial charge >= 0.3 is 6.18 Å². The third kappa shape index (κ3) is 3.67. The van der Waals surface area contributed by atoms with Gasteiger partial charge in [-0.15, -0.1) is 0 Å². The van der Waals surface area contributed by atoms with Crippen LogP contribution in [0.2, 0.25) is 0 Å². The van der Waals surface area contributed by atoms with E-state index in [0.29, 0.717) is 13.1 Å². The number of likely N-dealkylation sites (tertiary alicyclic amines) is 1. The second-order valence-corrected chi connectivity index (χ2v) is 4.92. The summed E-state index contributed by atoms with van der Waals surface area (Å²) in [4.78, 5) is 1.93. The highest BCUT2D eigenvalue weighted by Crippen LogP contribution is 2.30. The van der Waals surface area contributed by atoms with Crippen LogP contribution in [0.15, 0.2) is 18.2 Å². The standard InChI is InChI=1S/C13H16F4N2/c14-12-2-1-10(13(15,16)17)7-9(12)8-19-5-3-11(18)4-6-19/h1-2,7,11H,3-6,8,18H2. The molecule has 1 heterocycles. The predicted octanol–water partition coefficient (Wildman–Crippen LogP) is 2.77. The Morgan fingerprint density at radius 1 is 1.21 bits per heavy atom. The molecule has 0 amide bonds. The van der Waals surface area contributed by atoms with E-state index >= 15 is 0 Å². The summed E-state index contributed by atoms with van der Waals surface area (Å²) in [6, 6.07) is 2.69. The number of hydrogen-bond donors (Lipinski definition) is 1. The minimum atomic E-state index is -4.44. The van der Waals surface area contributed by atoms with Gasteiger partial charge < -0.3 is 5.73 Å². The SMILES string of the molecule is NC1CCN(Cc2cc(C(F)(F)F)ccc2F)CC1. The molecular formula is C13H16F4N2. The van der Waals surface area contributed by atoms with Crippen molar-refractivity contribution in [2.24, 2.45) is 5.73 Å². The van der Waals surface area contributed by atoms with E-state index in [9.17, 15) is 17.6 Å². The van der Waals surface area contributed by atoms with Gasteiger partial charge in [-0.2, -0.15) is 13.2 Å². The molecule has 106 valence electrons. The molecule has 1 aliphatic rings. The molecule has 0 aliphatic carbocycles. The molecule has 0 radical (unpaired) electrons. The Morgan fingerprint density at radius 2 is 1.84 bits per heavy atom. The second kappa shape index (κ2) is 5.46. The first kappa shape index (κ1) is 14.3. The zero-order valence-electron chi connectivity index (χ0n) is 10.4. The Hall–Kier alpha value is -1.14. The van der Waals surface area contributed by atoms with Gasteiger partial charge in [-0.25, -0.2) is 4.39 Å². The molecule has 1 saturated heterocycles. The molecule has 19 heavy (non-hydrogen) atoms. The molecule has 0 unspecified atom stereocenters. The maximum atomic E-state index is 13.6. The first-order valence-electron chi connectivity index (χ1n) is 6.20. The molecular weight excluding hydrogens is 260 g/mol. The minimum Gasteiger partial charge on any atom is -0.328 e. The minimum absolute atomic E-state index is 0.0882. The number of piperidine rings is 1. The van der Waals surface area contributed by atoms with Gasteiger partial charge in [-0.1, -0.05) is 0 Å². The third-order valence-corrected chi connectivity index (χ3v) is 3.40. The largest absolute Gasteiger partial charge is 0.416 e. The van der Waals surface area contributed by atoms with Crippen molar-refractivity contribution in [3.8, 4) is 0 Å². The molecule has 2 nitrogen and oxygen atoms in total. The molecule has 1 aliphatic heterocycles. The molecule has 1 aromatic rings. The highest BCUT2D eigenvalue weighted by Gasteiger charge is 2.31. The van der Waals surface area contributed by atoms with Gasteiger partial charge in [0, 0.05) is 18.2 Å². The Balaban J connectivity index is 2.11. The maximum Gasteiger partial charge on any atom is 0.416 e. The van der Waals surface area contributed by atoms with Crippen LogP contribution in [0, 0.1) is 5.82 Å². The number of alkyl halides is 3. The monoisotopic (exact) mass is 276 g/mol. The molecule has 6 heteroatoms. The Kier molecular flexibility index (Phi) is 4.10. The van der Waals surface area contributed by atoms with Crippen molar-refractivity contribution in [3.63, 3.8) is 0 Å². The van der Waals surface area contributed by atoms with Crippen molar-refractivity contribution >= 4 is 0 Å². The summed E-state index contributed by atoms with van der Waals surface area (Å²) in [7, 11) is 0. The van der Waals surface area contributed by atoms with Crippen LogP contribution in [-0.2, 0) is 12.7 Å². The number of rotatable bonds is 2. The average molecular weight is 276 g/mol. The van der Waals surface area contributed by atoms with Gasteiger partial charge in [-0.05, 0) is 44.1 Å². The summed E-state index contributed by atoms with van der Waals surface area (Å²) < 4.78 is 51.3. The molecule has 1 aromatic carbocycles. The molecule has 0 atom stereocenters. The van der Waals surface area contributed by atoms with E-state index in [-0.39, 0.29) is 18.2 Å². The summed E-state index contributed by atoms with van der Waals surface area (Å²) in [5, 5.41) is 0. The van der Waals surface area contributed by atoms with Crippen LogP contribution in [0.5, 0.6) is 0 Å². The van der Waals surface area contributed by atoms with Gasteiger partial charge in [0.25, 0.3) is 0 Å². The van der Waals surface area contributed by atoms with Crippen LogP contribution >= 0.6 is 0 Å². The lowest BCUT2D eigenvalue weighted by molar-refractivity contribution is -0.137. The van der Waals surface area contributed by atoms with Crippen molar-refractivity contribution in [2.75, 3.05) is 13.1 Å². The highest BCUT2D eigenvalue weighted by molar-refractivity contribution is 5.27. The van der Waals surface area contributed by atoms with E-state index in [4.69, 9.17) is 5.73 Å². The van der Waals surface area contributed by atoms with Crippen LogP contribution < -0.4 is 5.73 Å². The van der Waals surface area contributed by atoms with Gasteiger partial charge in [0.15, 0.2) is 0 Å². The fourth-order valence-corrected chi connectivity index (χ4v) is 2.22. The Labute approximate surface area is 109 Å². The van der Waals surface area contributed by atoms with Gasteiger partial charge in [0.2, 0.25) is 0 Å². The molecule has 1 fully saturated rings. The smallest absolute Gasteiger partial charge is 0.328 e. The average Bonchev–Trinajstić information content (AvgIpc) is 2.33. The topological polar surface area (TPSA) is 29.3 Å². The summed E-state index contributed by atoms with van der Waals surface area (Å²) in [6.07, 6.45) is -2.85. The van der Waals surface area contributed by atoms with E-state index < -0.39 is 17.6 Å². The molecule has 0 saturated carbocycles. The zero-order valence-corrected chi connectivity index (χ0v) is 10.4. The summed E-state index contributed by atoms with van der Waals surface area (Å²) in [6.45, 7) is 1.58. The van der Waals surface area contributed by atoms with Crippen molar-refractivity contribution in [3.05, 3.63) is 35.1 Å². The fraction of sp³-hybridized carbons (Fsp3) is 0.538. The Bertz CT molecular complexity index is 437. The summed E-state index contributed by atoms with van der Waals surface area (Å²) >= 11 is 0. The van der Waals surface area contributed by atoms with Crippen molar-refractivity contribution in [1.29, 1.82) is 0 Å². The van der Waals surface area contributed by atoms with Crippen LogP contribution in [-0.4, -0.2) is 24.0 Å². The lowest BCUT2D eigenvalue weighted by atomic mass is 10.0. The van der Waals surface area contributed by atoms with E-state index in [1.807, 2.05) is 4.90 Å². The van der Waals surface area contributed by atoms with Gasteiger partial charge in [-0.3, -0.25) is 4.90 Å². The summed E-state index contributed by atoms with van der Waals surface area (Å²) in [5.74, 6) is -0.595. The first-order valence-corrected chi connectivity index (χ1v) is 6.20. The predicted molar refractivity (Wildman–Crippen MR) is 63.9 cm³/mol. The van der Waals surface area contributed by atoms with Crippen LogP contribution in [0.25, 0.3) is 0 Å². The maximum absolute atomic E-state index is 13.6. The number of benzene rings is 1. The molecule has 2 N–H and O–H groups in total. The zero-order chi connectivity index (χ0) is 14.0. The van der Waals surface area contributed by atoms with Crippen LogP contribution in [0.1, 0.15) is 24.0 Å². The second-order valence-electron chi connectivity index (χ2n) is 4.92. The number of nitrogens with zero attached hydrogens (tertiary/aromatic N) is 1. The van der Waals surface area contributed by atoms with E-state index in [0.717, 1.165) is 31.0 Å². The lowest BCUT2D eigenvalue weighted by Gasteiger charge is -2.30. The highest BCUT2D eigenvalue weighted by atomic mass is 19.4. The van der Waals surface area contributed by atoms with E-state index in [1.165, 1.54) is 0 Å². The summed E-state index contributed by atoms with van der Waals surface area (Å²) in [5.41, 5.74) is 5.03. The van der Waals surface area contributed by atoms with Crippen LogP contribution in [0.4, 0.5) is 17.6 Å². The van der Waals surface area contributed by atoms with Crippen LogP contribution in [0.3, 0.4) is 0 Å². The molecule has 0 bridgehead atoms. The van der Waals surface area contributed by atoms with E-state index in [1.54, 1.807) is 0 Å². The molecule has 0 spiro atoms. The van der Waals surface area contributed by atoms with Crippen molar-refractivity contribution in [2.45, 2.75) is 31.6 Å². The number of hydrogen-bond acceptors (Lipinski definition) is 2. The van der Waals surface area contributed by atoms with Gasteiger partial charge in [0.1, 0.15) is 5.82 Å². The van der Waals surface area contributed by atoms with E-state index in [2.05, 4.69) is 0 Å². The normalized spacial score (nSPS) is 18.8. The fourth-order valence-electron chi connectivity index (χ4n) is 2.22. The molecule has 0 aromatic heterocycles. The van der Waals surface area contributed by atoms with Gasteiger partial charge in [0.05, 0.1) is 5.56 Å². The number of halogens is 4. The quantitative estimate of drug-likeness (QED) is 0.842. The molecule has 2 rings (SSSR count). The van der Waals surface area contributed by atoms with Crippen molar-refractivity contribution < 1.29 is 17.6 Å². The first-order chi connectivity index (χ1) is 8.86. The third-order valence-electron chi connectivity index (χ3n) is 3.40.